The Balaban J connectivity index is 0.00000171. The molecule has 2 N–H and O–H groups in total. The number of piperidine rings is 1. The largest absolute Gasteiger partial charge is 0.490 e. The van der Waals surface area contributed by atoms with Gasteiger partial charge >= 0.3 is 0 Å². The standard InChI is InChI=1S/C21H27ClN4O3.2ClH/c22-20-19(24-12-15-2-1-11-28-14-15)13-25-26(21(20)27)16-3-5-17(6-4-16)29-18-7-9-23-10-8-18;;/h3-6,13,15,18,23-24H,1-2,7-12,14H2;2*1H/t15-;;/m1../s1. The van der Waals surface area contributed by atoms with Crippen LogP contribution in [0.1, 0.15) is 25.7 Å². The predicted octanol–water partition coefficient (Wildman–Crippen LogP) is 3.70. The zero-order valence-electron chi connectivity index (χ0n) is 17.2. The molecule has 2 fully saturated rings. The number of hydrogen-bond donors (Lipinski definition) is 2. The molecule has 0 aliphatic carbocycles. The van der Waals surface area contributed by atoms with Gasteiger partial charge in [-0.05, 0) is 69.0 Å². The third-order valence-corrected chi connectivity index (χ3v) is 5.79. The molecule has 7 nitrogen and oxygen atoms in total. The molecule has 1 aromatic heterocycles. The molecule has 1 atom stereocenters. The lowest BCUT2D eigenvalue weighted by Crippen LogP contribution is -2.34. The van der Waals surface area contributed by atoms with Crippen LogP contribution in [0.25, 0.3) is 5.69 Å². The lowest BCUT2D eigenvalue weighted by molar-refractivity contribution is 0.0595. The lowest BCUT2D eigenvalue weighted by Gasteiger charge is -2.24. The Kier molecular flexibility index (Phi) is 10.4. The van der Waals surface area contributed by atoms with E-state index in [1.54, 1.807) is 6.20 Å². The summed E-state index contributed by atoms with van der Waals surface area (Å²) in [4.78, 5) is 12.7. The summed E-state index contributed by atoms with van der Waals surface area (Å²) in [7, 11) is 0. The van der Waals surface area contributed by atoms with Crippen LogP contribution in [-0.2, 0) is 4.74 Å². The number of rotatable bonds is 6. The molecule has 1 aromatic carbocycles. The molecule has 4 rings (SSSR count). The Morgan fingerprint density at radius 2 is 1.94 bits per heavy atom. The maximum atomic E-state index is 12.7. The molecule has 0 bridgehead atoms. The lowest BCUT2D eigenvalue weighted by atomic mass is 10.0. The van der Waals surface area contributed by atoms with Crippen molar-refractivity contribution >= 4 is 42.1 Å². The van der Waals surface area contributed by atoms with Crippen molar-refractivity contribution in [2.75, 3.05) is 38.2 Å². The Morgan fingerprint density at radius 1 is 1.19 bits per heavy atom. The summed E-state index contributed by atoms with van der Waals surface area (Å²) in [6.45, 7) is 4.24. The summed E-state index contributed by atoms with van der Waals surface area (Å²) in [6, 6.07) is 7.39. The normalized spacial score (nSPS) is 19.1. The van der Waals surface area contributed by atoms with Gasteiger partial charge in [-0.15, -0.1) is 24.8 Å². The van der Waals surface area contributed by atoms with E-state index in [0.29, 0.717) is 23.8 Å². The van der Waals surface area contributed by atoms with Crippen LogP contribution in [0.4, 0.5) is 5.69 Å². The topological polar surface area (TPSA) is 77.4 Å². The van der Waals surface area contributed by atoms with Gasteiger partial charge in [-0.2, -0.15) is 9.78 Å². The molecule has 0 amide bonds. The van der Waals surface area contributed by atoms with Crippen molar-refractivity contribution in [3.05, 3.63) is 45.8 Å². The fraction of sp³-hybridized carbons (Fsp3) is 0.524. The second-order valence-electron chi connectivity index (χ2n) is 7.61. The van der Waals surface area contributed by atoms with Gasteiger partial charge in [-0.1, -0.05) is 11.6 Å². The van der Waals surface area contributed by atoms with Crippen LogP contribution in [0.5, 0.6) is 5.75 Å². The summed E-state index contributed by atoms with van der Waals surface area (Å²) in [6.07, 6.45) is 6.02. The van der Waals surface area contributed by atoms with Crippen LogP contribution in [-0.4, -0.2) is 48.7 Å². The first-order valence-electron chi connectivity index (χ1n) is 10.3. The van der Waals surface area contributed by atoms with Crippen molar-refractivity contribution in [2.45, 2.75) is 31.8 Å². The third kappa shape index (κ3) is 6.73. The number of hydrogen-bond acceptors (Lipinski definition) is 6. The molecule has 172 valence electrons. The molecule has 2 aliphatic heterocycles. The van der Waals surface area contributed by atoms with Crippen LogP contribution >= 0.6 is 36.4 Å². The van der Waals surface area contributed by atoms with Crippen molar-refractivity contribution in [3.8, 4) is 11.4 Å². The second kappa shape index (κ2) is 12.5. The van der Waals surface area contributed by atoms with E-state index < -0.39 is 0 Å². The van der Waals surface area contributed by atoms with E-state index in [9.17, 15) is 4.79 Å². The number of halogens is 3. The first kappa shape index (κ1) is 25.7. The van der Waals surface area contributed by atoms with E-state index in [-0.39, 0.29) is 41.5 Å². The van der Waals surface area contributed by atoms with E-state index in [0.717, 1.165) is 57.7 Å². The zero-order chi connectivity index (χ0) is 20.1. The number of ether oxygens (including phenoxy) is 2. The summed E-state index contributed by atoms with van der Waals surface area (Å²) in [5, 5.41) is 11.0. The Hall–Kier alpha value is -1.51. The van der Waals surface area contributed by atoms with Crippen LogP contribution in [0.15, 0.2) is 35.3 Å². The van der Waals surface area contributed by atoms with E-state index >= 15 is 0 Å². The van der Waals surface area contributed by atoms with Gasteiger partial charge in [0.25, 0.3) is 5.56 Å². The van der Waals surface area contributed by atoms with Crippen molar-refractivity contribution in [1.29, 1.82) is 0 Å². The highest BCUT2D eigenvalue weighted by molar-refractivity contribution is 6.32. The maximum Gasteiger partial charge on any atom is 0.292 e. The van der Waals surface area contributed by atoms with E-state index in [1.165, 1.54) is 4.68 Å². The van der Waals surface area contributed by atoms with Crippen molar-refractivity contribution in [3.63, 3.8) is 0 Å². The first-order valence-corrected chi connectivity index (χ1v) is 10.7. The molecule has 0 radical (unpaired) electrons. The third-order valence-electron chi connectivity index (χ3n) is 5.42. The summed E-state index contributed by atoms with van der Waals surface area (Å²) in [5.41, 5.74) is 0.870. The highest BCUT2D eigenvalue weighted by Gasteiger charge is 2.17. The van der Waals surface area contributed by atoms with Crippen molar-refractivity contribution in [1.82, 2.24) is 15.1 Å². The quantitative estimate of drug-likeness (QED) is 0.642. The van der Waals surface area contributed by atoms with E-state index in [1.807, 2.05) is 24.3 Å². The summed E-state index contributed by atoms with van der Waals surface area (Å²) >= 11 is 6.33. The number of nitrogens with zero attached hydrogens (tertiary/aromatic N) is 2. The summed E-state index contributed by atoms with van der Waals surface area (Å²) < 4.78 is 12.8. The molecule has 3 heterocycles. The van der Waals surface area contributed by atoms with Crippen molar-refractivity contribution < 1.29 is 9.47 Å². The van der Waals surface area contributed by atoms with Gasteiger partial charge in [0.05, 0.1) is 24.2 Å². The van der Waals surface area contributed by atoms with E-state index in [4.69, 9.17) is 21.1 Å². The van der Waals surface area contributed by atoms with Crippen LogP contribution in [0.3, 0.4) is 0 Å². The van der Waals surface area contributed by atoms with Crippen LogP contribution < -0.4 is 20.9 Å². The molecule has 31 heavy (non-hydrogen) atoms. The fourth-order valence-corrected chi connectivity index (χ4v) is 3.93. The molecular weight excluding hydrogens is 463 g/mol. The van der Waals surface area contributed by atoms with Gasteiger partial charge in [0.15, 0.2) is 0 Å². The molecule has 0 saturated carbocycles. The van der Waals surface area contributed by atoms with Gasteiger partial charge < -0.3 is 20.1 Å². The molecular formula is C21H29Cl3N4O3. The van der Waals surface area contributed by atoms with Gasteiger partial charge in [0, 0.05) is 13.2 Å². The Bertz CT molecular complexity index is 867. The van der Waals surface area contributed by atoms with Gasteiger partial charge in [-0.25, -0.2) is 0 Å². The molecule has 2 saturated heterocycles. The Labute approximate surface area is 199 Å². The summed E-state index contributed by atoms with van der Waals surface area (Å²) in [5.74, 6) is 1.22. The SMILES string of the molecule is Cl.Cl.O=c1c(Cl)c(NC[C@H]2CCCOC2)cnn1-c1ccc(OC2CCNCC2)cc1. The molecule has 10 heteroatoms. The average Bonchev–Trinajstić information content (AvgIpc) is 2.77. The first-order chi connectivity index (χ1) is 14.2. The number of nitrogens with one attached hydrogen (secondary N) is 2. The second-order valence-corrected chi connectivity index (χ2v) is 7.99. The Morgan fingerprint density at radius 3 is 2.61 bits per heavy atom. The van der Waals surface area contributed by atoms with Crippen LogP contribution in [0.2, 0.25) is 5.02 Å². The zero-order valence-corrected chi connectivity index (χ0v) is 19.6. The van der Waals surface area contributed by atoms with Crippen LogP contribution in [0, 0.1) is 5.92 Å². The van der Waals surface area contributed by atoms with E-state index in [2.05, 4.69) is 15.7 Å². The monoisotopic (exact) mass is 490 g/mol. The highest BCUT2D eigenvalue weighted by Crippen LogP contribution is 2.21. The molecule has 2 aliphatic rings. The maximum absolute atomic E-state index is 12.7. The number of benzene rings is 1. The average molecular weight is 492 g/mol. The predicted molar refractivity (Wildman–Crippen MR) is 128 cm³/mol. The molecule has 0 spiro atoms. The highest BCUT2D eigenvalue weighted by atomic mass is 35.5. The molecule has 0 unspecified atom stereocenters. The number of anilines is 1. The van der Waals surface area contributed by atoms with Gasteiger partial charge in [-0.3, -0.25) is 4.79 Å². The van der Waals surface area contributed by atoms with Crippen molar-refractivity contribution in [2.24, 2.45) is 5.92 Å². The minimum atomic E-state index is -0.344. The molecule has 2 aromatic rings. The van der Waals surface area contributed by atoms with Gasteiger partial charge in [0.2, 0.25) is 0 Å². The minimum absolute atomic E-state index is 0. The fourth-order valence-electron chi connectivity index (χ4n) is 3.73. The van der Waals surface area contributed by atoms with Gasteiger partial charge in [0.1, 0.15) is 16.9 Å². The smallest absolute Gasteiger partial charge is 0.292 e. The number of aromatic nitrogens is 2. The minimum Gasteiger partial charge on any atom is -0.490 e.